The zero-order valence-electron chi connectivity index (χ0n) is 11.3. The Morgan fingerprint density at radius 1 is 1.21 bits per heavy atom. The number of allylic oxidation sites excluding steroid dienone is 1. The van der Waals surface area contributed by atoms with Crippen molar-refractivity contribution in [1.82, 2.24) is 5.32 Å². The maximum Gasteiger partial charge on any atom is 0.0417 e. The van der Waals surface area contributed by atoms with Gasteiger partial charge in [0.05, 0.1) is 0 Å². The summed E-state index contributed by atoms with van der Waals surface area (Å²) >= 11 is 1.89. The van der Waals surface area contributed by atoms with Gasteiger partial charge in [0.15, 0.2) is 0 Å². The minimum atomic E-state index is 0.820. The van der Waals surface area contributed by atoms with Crippen molar-refractivity contribution in [2.75, 3.05) is 13.6 Å². The predicted molar refractivity (Wildman–Crippen MR) is 83.5 cm³/mol. The number of likely N-dealkylation sites (N-methyl/N-ethyl adjacent to an activating group) is 1. The second kappa shape index (κ2) is 4.46. The summed E-state index contributed by atoms with van der Waals surface area (Å²) < 4.78 is 1.48. The third-order valence-electron chi connectivity index (χ3n) is 4.82. The van der Waals surface area contributed by atoms with Crippen LogP contribution >= 0.6 is 11.3 Å². The van der Waals surface area contributed by atoms with Gasteiger partial charge in [-0.15, -0.1) is 11.3 Å². The van der Waals surface area contributed by atoms with E-state index in [4.69, 9.17) is 0 Å². The Morgan fingerprint density at radius 2 is 2.11 bits per heavy atom. The summed E-state index contributed by atoms with van der Waals surface area (Å²) in [7, 11) is 2.07. The number of rotatable bonds is 3. The zero-order valence-corrected chi connectivity index (χ0v) is 12.1. The lowest BCUT2D eigenvalue weighted by Crippen LogP contribution is -2.16. The Morgan fingerprint density at radius 3 is 3.00 bits per heavy atom. The minimum Gasteiger partial charge on any atom is -0.316 e. The molecule has 0 spiro atoms. The van der Waals surface area contributed by atoms with Crippen LogP contribution in [-0.4, -0.2) is 13.6 Å². The molecule has 2 atom stereocenters. The Kier molecular flexibility index (Phi) is 2.75. The van der Waals surface area contributed by atoms with Crippen LogP contribution in [0.5, 0.6) is 0 Å². The van der Waals surface area contributed by atoms with Gasteiger partial charge in [-0.3, -0.25) is 0 Å². The van der Waals surface area contributed by atoms with E-state index in [0.29, 0.717) is 0 Å². The largest absolute Gasteiger partial charge is 0.316 e. The number of benzene rings is 1. The molecule has 2 aromatic rings. The van der Waals surface area contributed by atoms with Gasteiger partial charge >= 0.3 is 0 Å². The quantitative estimate of drug-likeness (QED) is 0.875. The summed E-state index contributed by atoms with van der Waals surface area (Å²) in [6.45, 7) is 1.07. The lowest BCUT2D eigenvalue weighted by molar-refractivity contribution is 0.627. The van der Waals surface area contributed by atoms with Crippen molar-refractivity contribution in [3.63, 3.8) is 0 Å². The van der Waals surface area contributed by atoms with Crippen molar-refractivity contribution in [3.8, 4) is 0 Å². The van der Waals surface area contributed by atoms with E-state index in [0.717, 1.165) is 18.4 Å². The molecule has 1 aromatic carbocycles. The molecule has 1 N–H and O–H groups in total. The third-order valence-corrected chi connectivity index (χ3v) is 5.78. The van der Waals surface area contributed by atoms with Crippen LogP contribution in [0.3, 0.4) is 0 Å². The Hall–Kier alpha value is -1.12. The monoisotopic (exact) mass is 269 g/mol. The van der Waals surface area contributed by atoms with Gasteiger partial charge in [0, 0.05) is 11.2 Å². The number of hydrogen-bond acceptors (Lipinski definition) is 2. The highest BCUT2D eigenvalue weighted by molar-refractivity contribution is 7.17. The minimum absolute atomic E-state index is 0.820. The molecule has 0 amide bonds. The Balaban J connectivity index is 1.92. The van der Waals surface area contributed by atoms with Gasteiger partial charge in [-0.25, -0.2) is 0 Å². The summed E-state index contributed by atoms with van der Waals surface area (Å²) in [5, 5.41) is 7.01. The molecule has 0 aliphatic heterocycles. The third kappa shape index (κ3) is 1.70. The smallest absolute Gasteiger partial charge is 0.0417 e. The predicted octanol–water partition coefficient (Wildman–Crippen LogP) is 4.30. The lowest BCUT2D eigenvalue weighted by atomic mass is 9.87. The first-order valence-electron chi connectivity index (χ1n) is 7.22. The van der Waals surface area contributed by atoms with Crippen LogP contribution in [0.1, 0.15) is 24.8 Å². The summed E-state index contributed by atoms with van der Waals surface area (Å²) in [6, 6.07) is 9.04. The Bertz CT molecular complexity index is 652. The molecule has 2 aliphatic carbocycles. The first-order valence-corrected chi connectivity index (χ1v) is 8.10. The average molecular weight is 269 g/mol. The van der Waals surface area contributed by atoms with E-state index in [-0.39, 0.29) is 0 Å². The van der Waals surface area contributed by atoms with E-state index in [1.807, 2.05) is 11.3 Å². The van der Waals surface area contributed by atoms with Crippen molar-refractivity contribution < 1.29 is 0 Å². The van der Waals surface area contributed by atoms with Crippen LogP contribution in [0, 0.1) is 11.8 Å². The maximum atomic E-state index is 3.38. The number of nitrogens with one attached hydrogen (secondary N) is 1. The highest BCUT2D eigenvalue weighted by atomic mass is 32.1. The molecule has 1 aromatic heterocycles. The first-order chi connectivity index (χ1) is 9.38. The molecule has 2 heteroatoms. The van der Waals surface area contributed by atoms with Gasteiger partial charge in [0.1, 0.15) is 0 Å². The number of hydrogen-bond donors (Lipinski definition) is 1. The Labute approximate surface area is 118 Å². The average Bonchev–Trinajstić information content (AvgIpc) is 3.13. The molecule has 4 rings (SSSR count). The van der Waals surface area contributed by atoms with Crippen LogP contribution in [0.15, 0.2) is 35.2 Å². The van der Waals surface area contributed by atoms with Crippen LogP contribution in [0.4, 0.5) is 0 Å². The molecular weight excluding hydrogens is 250 g/mol. The fourth-order valence-corrected chi connectivity index (χ4v) is 5.00. The first kappa shape index (κ1) is 11.7. The lowest BCUT2D eigenvalue weighted by Gasteiger charge is -2.20. The van der Waals surface area contributed by atoms with E-state index in [1.165, 1.54) is 34.9 Å². The SMILES string of the molecule is CNCC1=C(c2cccc3ccsc23)[C@H]2CC[C@@H]1C2. The van der Waals surface area contributed by atoms with Crippen LogP contribution < -0.4 is 5.32 Å². The van der Waals surface area contributed by atoms with Gasteiger partial charge in [-0.2, -0.15) is 0 Å². The van der Waals surface area contributed by atoms with E-state index >= 15 is 0 Å². The van der Waals surface area contributed by atoms with Gasteiger partial charge in [0.2, 0.25) is 0 Å². The second-order valence-corrected chi connectivity index (χ2v) is 6.74. The molecule has 1 nitrogen and oxygen atoms in total. The van der Waals surface area contributed by atoms with Crippen LogP contribution in [0.2, 0.25) is 0 Å². The zero-order chi connectivity index (χ0) is 12.8. The molecule has 1 fully saturated rings. The van der Waals surface area contributed by atoms with Gasteiger partial charge < -0.3 is 5.32 Å². The molecule has 1 saturated carbocycles. The van der Waals surface area contributed by atoms with Crippen LogP contribution in [0.25, 0.3) is 15.7 Å². The van der Waals surface area contributed by atoms with E-state index in [2.05, 4.69) is 42.0 Å². The second-order valence-electron chi connectivity index (χ2n) is 5.82. The van der Waals surface area contributed by atoms with E-state index < -0.39 is 0 Å². The molecule has 19 heavy (non-hydrogen) atoms. The topological polar surface area (TPSA) is 12.0 Å². The fraction of sp³-hybridized carbons (Fsp3) is 0.412. The van der Waals surface area contributed by atoms with E-state index in [1.54, 1.807) is 11.1 Å². The van der Waals surface area contributed by atoms with E-state index in [9.17, 15) is 0 Å². The molecule has 98 valence electrons. The normalized spacial score (nSPS) is 25.7. The summed E-state index contributed by atoms with van der Waals surface area (Å²) in [4.78, 5) is 0. The molecule has 1 heterocycles. The summed E-state index contributed by atoms with van der Waals surface area (Å²) in [5.74, 6) is 1.67. The van der Waals surface area contributed by atoms with Crippen molar-refractivity contribution in [3.05, 3.63) is 40.8 Å². The molecule has 0 radical (unpaired) electrons. The van der Waals surface area contributed by atoms with Crippen molar-refractivity contribution in [2.24, 2.45) is 11.8 Å². The summed E-state index contributed by atoms with van der Waals surface area (Å²) in [5.41, 5.74) is 4.89. The fourth-order valence-electron chi connectivity index (χ4n) is 4.07. The highest BCUT2D eigenvalue weighted by Gasteiger charge is 2.39. The van der Waals surface area contributed by atoms with Gasteiger partial charge in [-0.1, -0.05) is 18.2 Å². The maximum absolute atomic E-state index is 3.38. The van der Waals surface area contributed by atoms with Crippen LogP contribution in [-0.2, 0) is 0 Å². The summed E-state index contributed by atoms with van der Waals surface area (Å²) in [6.07, 6.45) is 4.20. The number of fused-ring (bicyclic) bond motifs is 3. The molecule has 0 saturated heterocycles. The van der Waals surface area contributed by atoms with Gasteiger partial charge in [-0.05, 0) is 71.7 Å². The number of thiophene rings is 1. The molecular formula is C17H19NS. The molecule has 2 bridgehead atoms. The van der Waals surface area contributed by atoms with Crippen molar-refractivity contribution in [1.29, 1.82) is 0 Å². The van der Waals surface area contributed by atoms with Crippen molar-refractivity contribution >= 4 is 27.0 Å². The standard InChI is InChI=1S/C17H19NS/c1-18-10-15-12-5-6-13(9-12)16(15)14-4-2-3-11-7-8-19-17(11)14/h2-4,7-8,12-13,18H,5-6,9-10H2,1H3/t12-,13+/m1/s1. The van der Waals surface area contributed by atoms with Crippen molar-refractivity contribution in [2.45, 2.75) is 19.3 Å². The highest BCUT2D eigenvalue weighted by Crippen LogP contribution is 2.53. The molecule has 2 aliphatic rings. The van der Waals surface area contributed by atoms with Gasteiger partial charge in [0.25, 0.3) is 0 Å². The molecule has 0 unspecified atom stereocenters.